The van der Waals surface area contributed by atoms with Crippen molar-refractivity contribution in [2.45, 2.75) is 31.4 Å². The number of nitrogens with one attached hydrogen (secondary N) is 2. The van der Waals surface area contributed by atoms with Crippen molar-refractivity contribution in [2.75, 3.05) is 18.4 Å². The van der Waals surface area contributed by atoms with Crippen LogP contribution in [-0.4, -0.2) is 36.3 Å². The molecule has 0 aliphatic carbocycles. The first kappa shape index (κ1) is 18.9. The maximum Gasteiger partial charge on any atom is 0.416 e. The minimum absolute atomic E-state index is 0. The predicted molar refractivity (Wildman–Crippen MR) is 72.3 cm³/mol. The molecular weight excluding hydrogens is 333 g/mol. The Balaban J connectivity index is 0.00000242. The second-order valence-electron chi connectivity index (χ2n) is 4.76. The summed E-state index contributed by atoms with van der Waals surface area (Å²) in [7, 11) is 0. The third kappa shape index (κ3) is 4.92. The van der Waals surface area contributed by atoms with E-state index in [4.69, 9.17) is 0 Å². The van der Waals surface area contributed by atoms with Gasteiger partial charge in [-0.05, 0) is 19.1 Å². The van der Waals surface area contributed by atoms with Crippen molar-refractivity contribution in [3.05, 3.63) is 23.9 Å². The van der Waals surface area contributed by atoms with Crippen LogP contribution in [0.3, 0.4) is 0 Å². The van der Waals surface area contributed by atoms with Crippen molar-refractivity contribution in [3.8, 4) is 0 Å². The highest BCUT2D eigenvalue weighted by molar-refractivity contribution is 5.85. The molecule has 1 aliphatic rings. The number of hydrogen-bond acceptors (Lipinski definition) is 4. The van der Waals surface area contributed by atoms with Gasteiger partial charge >= 0.3 is 12.3 Å². The van der Waals surface area contributed by atoms with Crippen LogP contribution < -0.4 is 10.6 Å². The molecule has 0 bridgehead atoms. The summed E-state index contributed by atoms with van der Waals surface area (Å²) in [6.45, 7) is 0.942. The molecule has 0 radical (unpaired) electrons. The number of rotatable bonds is 3. The van der Waals surface area contributed by atoms with Gasteiger partial charge in [-0.2, -0.15) is 22.0 Å². The lowest BCUT2D eigenvalue weighted by Crippen LogP contribution is -2.57. The Kier molecular flexibility index (Phi) is 5.94. The van der Waals surface area contributed by atoms with Crippen molar-refractivity contribution in [1.29, 1.82) is 0 Å². The first-order valence-corrected chi connectivity index (χ1v) is 6.23. The van der Waals surface area contributed by atoms with Crippen LogP contribution in [0.25, 0.3) is 0 Å². The van der Waals surface area contributed by atoms with Gasteiger partial charge < -0.3 is 15.4 Å². The molecule has 2 heterocycles. The summed E-state index contributed by atoms with van der Waals surface area (Å²) in [5, 5.41) is 5.27. The van der Waals surface area contributed by atoms with Gasteiger partial charge in [0.2, 0.25) is 0 Å². The third-order valence-electron chi connectivity index (χ3n) is 3.09. The van der Waals surface area contributed by atoms with Gasteiger partial charge in [0.05, 0.1) is 24.3 Å². The molecule has 1 aliphatic heterocycles. The molecule has 4 nitrogen and oxygen atoms in total. The quantitative estimate of drug-likeness (QED) is 0.825. The molecule has 22 heavy (non-hydrogen) atoms. The fourth-order valence-electron chi connectivity index (χ4n) is 1.97. The third-order valence-corrected chi connectivity index (χ3v) is 3.09. The van der Waals surface area contributed by atoms with Crippen LogP contribution in [0.1, 0.15) is 12.5 Å². The molecule has 0 spiro atoms. The first-order chi connectivity index (χ1) is 9.67. The molecule has 2 N–H and O–H groups in total. The van der Waals surface area contributed by atoms with Crippen LogP contribution in [0.2, 0.25) is 0 Å². The van der Waals surface area contributed by atoms with E-state index in [2.05, 4.69) is 20.4 Å². The lowest BCUT2D eigenvalue weighted by molar-refractivity contribution is -0.278. The van der Waals surface area contributed by atoms with Crippen LogP contribution in [0.5, 0.6) is 0 Å². The maximum absolute atomic E-state index is 12.9. The van der Waals surface area contributed by atoms with E-state index in [1.165, 1.54) is 6.92 Å². The van der Waals surface area contributed by atoms with Crippen molar-refractivity contribution in [2.24, 2.45) is 0 Å². The Morgan fingerprint density at radius 1 is 1.45 bits per heavy atom. The Morgan fingerprint density at radius 3 is 2.73 bits per heavy atom. The van der Waals surface area contributed by atoms with Gasteiger partial charge in [-0.3, -0.25) is 0 Å². The zero-order valence-corrected chi connectivity index (χ0v) is 12.3. The van der Waals surface area contributed by atoms with Crippen LogP contribution in [0.4, 0.5) is 27.8 Å². The van der Waals surface area contributed by atoms with Crippen molar-refractivity contribution in [3.63, 3.8) is 0 Å². The summed E-state index contributed by atoms with van der Waals surface area (Å²) < 4.78 is 68.0. The molecule has 1 fully saturated rings. The number of morpholine rings is 1. The van der Waals surface area contributed by atoms with Crippen LogP contribution >= 0.6 is 12.4 Å². The van der Waals surface area contributed by atoms with Gasteiger partial charge in [0.25, 0.3) is 0 Å². The van der Waals surface area contributed by atoms with Gasteiger partial charge in [0, 0.05) is 12.7 Å². The Bertz CT molecular complexity index is 500. The number of halogens is 6. The van der Waals surface area contributed by atoms with E-state index in [0.29, 0.717) is 0 Å². The van der Waals surface area contributed by atoms with E-state index in [-0.39, 0.29) is 24.8 Å². The average molecular weight is 348 g/mol. The van der Waals surface area contributed by atoms with Crippen LogP contribution in [0.15, 0.2) is 18.3 Å². The fraction of sp³-hybridized carbons (Fsp3) is 0.583. The van der Waals surface area contributed by atoms with E-state index in [1.807, 2.05) is 0 Å². The van der Waals surface area contributed by atoms with Crippen molar-refractivity contribution < 1.29 is 26.7 Å². The zero-order chi connectivity index (χ0) is 15.7. The molecule has 2 atom stereocenters. The number of aromatic nitrogens is 1. The molecule has 0 saturated carbocycles. The summed E-state index contributed by atoms with van der Waals surface area (Å²) in [5.74, 6) is 0.0242. The highest BCUT2D eigenvalue weighted by Crippen LogP contribution is 2.30. The minimum atomic E-state index is -4.46. The second-order valence-corrected chi connectivity index (χ2v) is 4.76. The predicted octanol–water partition coefficient (Wildman–Crippen LogP) is 2.90. The fourth-order valence-corrected chi connectivity index (χ4v) is 1.97. The molecule has 1 aromatic heterocycles. The SMILES string of the molecule is C[C@@H]1OC(F)(F)CN[C@@H]1CNc1cc(C(F)(F)F)ccn1.Cl. The summed E-state index contributed by atoms with van der Waals surface area (Å²) in [4.78, 5) is 3.76. The van der Waals surface area contributed by atoms with Gasteiger partial charge in [-0.15, -0.1) is 12.4 Å². The van der Waals surface area contributed by atoms with E-state index in [9.17, 15) is 22.0 Å². The van der Waals surface area contributed by atoms with Crippen LogP contribution in [0, 0.1) is 0 Å². The lowest BCUT2D eigenvalue weighted by atomic mass is 10.1. The highest BCUT2D eigenvalue weighted by atomic mass is 35.5. The highest BCUT2D eigenvalue weighted by Gasteiger charge is 2.40. The molecular formula is C12H15ClF5N3O. The molecule has 1 saturated heterocycles. The average Bonchev–Trinajstić information content (AvgIpc) is 2.36. The maximum atomic E-state index is 12.9. The normalized spacial score (nSPS) is 24.5. The number of pyridine rings is 1. The van der Waals surface area contributed by atoms with Gasteiger partial charge in [-0.1, -0.05) is 0 Å². The number of hydrogen-bond donors (Lipinski definition) is 2. The topological polar surface area (TPSA) is 46.2 Å². The van der Waals surface area contributed by atoms with E-state index in [0.717, 1.165) is 18.3 Å². The number of alkyl halides is 5. The lowest BCUT2D eigenvalue weighted by Gasteiger charge is -2.35. The van der Waals surface area contributed by atoms with E-state index in [1.54, 1.807) is 0 Å². The van der Waals surface area contributed by atoms with Gasteiger partial charge in [-0.25, -0.2) is 4.98 Å². The minimum Gasteiger partial charge on any atom is -0.368 e. The number of anilines is 1. The molecule has 126 valence electrons. The smallest absolute Gasteiger partial charge is 0.368 e. The molecule has 0 amide bonds. The summed E-state index contributed by atoms with van der Waals surface area (Å²) in [5.41, 5.74) is -0.826. The number of nitrogens with zero attached hydrogens (tertiary/aromatic N) is 1. The van der Waals surface area contributed by atoms with Crippen molar-refractivity contribution >= 4 is 18.2 Å². The van der Waals surface area contributed by atoms with Crippen molar-refractivity contribution in [1.82, 2.24) is 10.3 Å². The molecule has 0 aromatic carbocycles. The van der Waals surface area contributed by atoms with E-state index < -0.39 is 36.5 Å². The monoisotopic (exact) mass is 347 g/mol. The van der Waals surface area contributed by atoms with Crippen LogP contribution in [-0.2, 0) is 10.9 Å². The second kappa shape index (κ2) is 6.93. The number of ether oxygens (including phenoxy) is 1. The summed E-state index contributed by atoms with van der Waals surface area (Å²) in [6, 6.07) is 1.26. The first-order valence-electron chi connectivity index (χ1n) is 6.23. The summed E-state index contributed by atoms with van der Waals surface area (Å²) in [6.07, 6.45) is -7.44. The zero-order valence-electron chi connectivity index (χ0n) is 11.5. The summed E-state index contributed by atoms with van der Waals surface area (Å²) >= 11 is 0. The van der Waals surface area contributed by atoms with Gasteiger partial charge in [0.15, 0.2) is 0 Å². The van der Waals surface area contributed by atoms with E-state index >= 15 is 0 Å². The molecule has 0 unspecified atom stereocenters. The van der Waals surface area contributed by atoms with Gasteiger partial charge in [0.1, 0.15) is 5.82 Å². The standard InChI is InChI=1S/C12H14F5N3O.ClH/c1-7-9(20-6-11(13,14)21-7)5-19-10-4-8(2-3-18-10)12(15,16)17;/h2-4,7,9,20H,5-6H2,1H3,(H,18,19);1H/t7-,9+;/m0./s1. The molecule has 10 heteroatoms. The molecule has 1 aromatic rings. The largest absolute Gasteiger partial charge is 0.416 e. The Morgan fingerprint density at radius 2 is 2.14 bits per heavy atom. The Labute approximate surface area is 129 Å². The molecule has 2 rings (SSSR count). The Hall–Kier alpha value is -1.19.